The number of benzene rings is 2. The molecule has 1 nitrogen and oxygen atoms in total. The first-order valence-corrected chi connectivity index (χ1v) is 6.80. The highest BCUT2D eigenvalue weighted by molar-refractivity contribution is 5.30. The summed E-state index contributed by atoms with van der Waals surface area (Å²) < 4.78 is 26.7. The average Bonchev–Trinajstić information content (AvgIpc) is 2.45. The molecular formula is C17H19F2N. The zero-order valence-electron chi connectivity index (χ0n) is 11.6. The first-order chi connectivity index (χ1) is 9.59. The van der Waals surface area contributed by atoms with Crippen molar-refractivity contribution in [1.29, 1.82) is 0 Å². The molecule has 2 rings (SSSR count). The minimum absolute atomic E-state index is 0.290. The highest BCUT2D eigenvalue weighted by Crippen LogP contribution is 2.31. The Balaban J connectivity index is 2.39. The minimum Gasteiger partial charge on any atom is -0.330 e. The van der Waals surface area contributed by atoms with Crippen molar-refractivity contribution >= 4 is 0 Å². The van der Waals surface area contributed by atoms with Crippen LogP contribution in [0.4, 0.5) is 8.78 Å². The molecule has 2 aromatic rings. The van der Waals surface area contributed by atoms with E-state index in [1.165, 1.54) is 12.1 Å². The number of hydrogen-bond acceptors (Lipinski definition) is 1. The average molecular weight is 275 g/mol. The van der Waals surface area contributed by atoms with Crippen LogP contribution in [0.25, 0.3) is 0 Å². The molecule has 20 heavy (non-hydrogen) atoms. The molecule has 0 aliphatic carbocycles. The first kappa shape index (κ1) is 14.7. The van der Waals surface area contributed by atoms with Crippen molar-refractivity contribution in [3.8, 4) is 0 Å². The zero-order chi connectivity index (χ0) is 14.6. The summed E-state index contributed by atoms with van der Waals surface area (Å²) in [5, 5.41) is 0. The van der Waals surface area contributed by atoms with Crippen LogP contribution in [-0.4, -0.2) is 6.54 Å². The lowest BCUT2D eigenvalue weighted by atomic mass is 9.73. The molecule has 0 aromatic heterocycles. The van der Waals surface area contributed by atoms with E-state index in [1.54, 1.807) is 0 Å². The maximum Gasteiger partial charge on any atom is 0.126 e. The number of hydrogen-bond donors (Lipinski definition) is 1. The van der Waals surface area contributed by atoms with Crippen molar-refractivity contribution in [3.63, 3.8) is 0 Å². The Bertz CT molecular complexity index is 542. The van der Waals surface area contributed by atoms with Gasteiger partial charge in [-0.1, -0.05) is 37.3 Å². The minimum atomic E-state index is -0.546. The maximum absolute atomic E-state index is 13.3. The van der Waals surface area contributed by atoms with E-state index < -0.39 is 11.6 Å². The van der Waals surface area contributed by atoms with E-state index in [0.717, 1.165) is 18.1 Å². The smallest absolute Gasteiger partial charge is 0.126 e. The van der Waals surface area contributed by atoms with E-state index >= 15 is 0 Å². The third-order valence-corrected chi connectivity index (χ3v) is 3.92. The van der Waals surface area contributed by atoms with Crippen molar-refractivity contribution in [3.05, 3.63) is 71.3 Å². The van der Waals surface area contributed by atoms with E-state index in [0.29, 0.717) is 18.5 Å². The summed E-state index contributed by atoms with van der Waals surface area (Å²) in [4.78, 5) is 0. The molecule has 0 heterocycles. The summed E-state index contributed by atoms with van der Waals surface area (Å²) in [5.41, 5.74) is 7.44. The molecule has 1 atom stereocenters. The maximum atomic E-state index is 13.3. The Kier molecular flexibility index (Phi) is 4.50. The molecule has 0 aliphatic rings. The van der Waals surface area contributed by atoms with Gasteiger partial charge in [0.15, 0.2) is 0 Å². The van der Waals surface area contributed by atoms with Gasteiger partial charge in [-0.3, -0.25) is 0 Å². The molecule has 3 heteroatoms. The monoisotopic (exact) mass is 275 g/mol. The van der Waals surface area contributed by atoms with Crippen LogP contribution in [0.5, 0.6) is 0 Å². The van der Waals surface area contributed by atoms with Gasteiger partial charge in [0.05, 0.1) is 0 Å². The lowest BCUT2D eigenvalue weighted by Gasteiger charge is -2.32. The second-order valence-electron chi connectivity index (χ2n) is 5.16. The topological polar surface area (TPSA) is 26.0 Å². The Morgan fingerprint density at radius 1 is 1.00 bits per heavy atom. The Hall–Kier alpha value is -1.74. The molecule has 0 aliphatic heterocycles. The number of rotatable bonds is 5. The molecule has 0 spiro atoms. The normalized spacial score (nSPS) is 14.0. The fourth-order valence-electron chi connectivity index (χ4n) is 2.66. The van der Waals surface area contributed by atoms with Crippen LogP contribution in [0.1, 0.15) is 24.5 Å². The summed E-state index contributed by atoms with van der Waals surface area (Å²) in [6.45, 7) is 2.49. The molecule has 0 bridgehead atoms. The van der Waals surface area contributed by atoms with E-state index in [-0.39, 0.29) is 5.41 Å². The van der Waals surface area contributed by atoms with Crippen LogP contribution in [0, 0.1) is 11.6 Å². The van der Waals surface area contributed by atoms with Crippen LogP contribution in [0.3, 0.4) is 0 Å². The van der Waals surface area contributed by atoms with Gasteiger partial charge >= 0.3 is 0 Å². The van der Waals surface area contributed by atoms with E-state index in [1.807, 2.05) is 30.3 Å². The molecule has 0 saturated heterocycles. The van der Waals surface area contributed by atoms with Crippen molar-refractivity contribution < 1.29 is 8.78 Å². The molecule has 0 radical (unpaired) electrons. The highest BCUT2D eigenvalue weighted by Gasteiger charge is 2.29. The molecule has 1 unspecified atom stereocenters. The fourth-order valence-corrected chi connectivity index (χ4v) is 2.66. The Morgan fingerprint density at radius 3 is 2.10 bits per heavy atom. The SMILES string of the molecule is CCC(CN)(Cc1cc(F)cc(F)c1)c1ccccc1. The van der Waals surface area contributed by atoms with Crippen molar-refractivity contribution in [2.75, 3.05) is 6.54 Å². The van der Waals surface area contributed by atoms with Gasteiger partial charge in [0.2, 0.25) is 0 Å². The third kappa shape index (κ3) is 3.05. The largest absolute Gasteiger partial charge is 0.330 e. The molecule has 0 saturated carbocycles. The van der Waals surface area contributed by atoms with Crippen LogP contribution in [0.2, 0.25) is 0 Å². The Morgan fingerprint density at radius 2 is 1.60 bits per heavy atom. The van der Waals surface area contributed by atoms with Crippen LogP contribution in [0.15, 0.2) is 48.5 Å². The molecule has 106 valence electrons. The summed E-state index contributed by atoms with van der Waals surface area (Å²) in [5.74, 6) is -1.09. The summed E-state index contributed by atoms with van der Waals surface area (Å²) in [6.07, 6.45) is 1.34. The fraction of sp³-hybridized carbons (Fsp3) is 0.294. The third-order valence-electron chi connectivity index (χ3n) is 3.92. The van der Waals surface area contributed by atoms with Gasteiger partial charge in [-0.2, -0.15) is 0 Å². The van der Waals surface area contributed by atoms with Gasteiger partial charge < -0.3 is 5.73 Å². The van der Waals surface area contributed by atoms with Gasteiger partial charge in [0.1, 0.15) is 11.6 Å². The summed E-state index contributed by atoms with van der Waals surface area (Å²) >= 11 is 0. The second kappa shape index (κ2) is 6.14. The predicted octanol–water partition coefficient (Wildman–Crippen LogP) is 3.81. The quantitative estimate of drug-likeness (QED) is 0.882. The first-order valence-electron chi connectivity index (χ1n) is 6.80. The van der Waals surface area contributed by atoms with Crippen molar-refractivity contribution in [2.45, 2.75) is 25.2 Å². The van der Waals surface area contributed by atoms with Crippen molar-refractivity contribution in [1.82, 2.24) is 0 Å². The van der Waals surface area contributed by atoms with E-state index in [4.69, 9.17) is 5.73 Å². The van der Waals surface area contributed by atoms with Gasteiger partial charge in [0, 0.05) is 18.0 Å². The number of halogens is 2. The molecule has 0 fully saturated rings. The number of nitrogens with two attached hydrogens (primary N) is 1. The zero-order valence-corrected chi connectivity index (χ0v) is 11.6. The molecular weight excluding hydrogens is 256 g/mol. The van der Waals surface area contributed by atoms with Crippen LogP contribution < -0.4 is 5.73 Å². The molecule has 0 amide bonds. The van der Waals surface area contributed by atoms with Gasteiger partial charge in [0.25, 0.3) is 0 Å². The van der Waals surface area contributed by atoms with Crippen molar-refractivity contribution in [2.24, 2.45) is 5.73 Å². The molecule has 2 N–H and O–H groups in total. The highest BCUT2D eigenvalue weighted by atomic mass is 19.1. The predicted molar refractivity (Wildman–Crippen MR) is 77.5 cm³/mol. The standard InChI is InChI=1S/C17H19F2N/c1-2-17(12-20,14-6-4-3-5-7-14)11-13-8-15(18)10-16(19)9-13/h3-10H,2,11-12,20H2,1H3. The van der Waals surface area contributed by atoms with E-state index in [9.17, 15) is 8.78 Å². The lowest BCUT2D eigenvalue weighted by molar-refractivity contribution is 0.416. The van der Waals surface area contributed by atoms with Crippen LogP contribution >= 0.6 is 0 Å². The van der Waals surface area contributed by atoms with Gasteiger partial charge in [-0.15, -0.1) is 0 Å². The summed E-state index contributed by atoms with van der Waals surface area (Å²) in [6, 6.07) is 13.6. The summed E-state index contributed by atoms with van der Waals surface area (Å²) in [7, 11) is 0. The van der Waals surface area contributed by atoms with Crippen LogP contribution in [-0.2, 0) is 11.8 Å². The van der Waals surface area contributed by atoms with Gasteiger partial charge in [-0.05, 0) is 36.1 Å². The lowest BCUT2D eigenvalue weighted by Crippen LogP contribution is -2.36. The Labute approximate surface area is 118 Å². The van der Waals surface area contributed by atoms with E-state index in [2.05, 4.69) is 6.92 Å². The second-order valence-corrected chi connectivity index (χ2v) is 5.16. The molecule has 2 aromatic carbocycles. The van der Waals surface area contributed by atoms with Gasteiger partial charge in [-0.25, -0.2) is 8.78 Å².